The van der Waals surface area contributed by atoms with Crippen molar-refractivity contribution in [3.63, 3.8) is 0 Å². The third kappa shape index (κ3) is 4.67. The summed E-state index contributed by atoms with van der Waals surface area (Å²) < 4.78 is 6.78. The van der Waals surface area contributed by atoms with Crippen molar-refractivity contribution in [3.8, 4) is 0 Å². The molecule has 5 nitrogen and oxygen atoms in total. The average molecular weight is 488 g/mol. The molecule has 3 rings (SSSR count). The van der Waals surface area contributed by atoms with E-state index in [0.29, 0.717) is 26.6 Å². The summed E-state index contributed by atoms with van der Waals surface area (Å²) in [5.74, 6) is 0.668. The van der Waals surface area contributed by atoms with Gasteiger partial charge in [-0.1, -0.05) is 11.6 Å². The Morgan fingerprint density at radius 1 is 1.52 bits per heavy atom. The summed E-state index contributed by atoms with van der Waals surface area (Å²) in [5.41, 5.74) is 7.16. The first-order chi connectivity index (χ1) is 11.0. The molecule has 0 aliphatic rings. The fourth-order valence-electron chi connectivity index (χ4n) is 2.10. The number of thiophene rings is 1. The maximum Gasteiger partial charge on any atom is 0.190 e. The molecule has 0 aromatic carbocycles. The molecule has 1 atom stereocenters. The van der Waals surface area contributed by atoms with Gasteiger partial charge in [-0.15, -0.1) is 36.2 Å². The van der Waals surface area contributed by atoms with Crippen LogP contribution < -0.4 is 11.1 Å². The lowest BCUT2D eigenvalue weighted by molar-refractivity contribution is 0.0971. The second-order valence-corrected chi connectivity index (χ2v) is 7.20. The van der Waals surface area contributed by atoms with Crippen molar-refractivity contribution in [1.82, 2.24) is 4.98 Å². The Morgan fingerprint density at radius 3 is 2.84 bits per heavy atom. The van der Waals surface area contributed by atoms with E-state index in [0.717, 1.165) is 16.1 Å². The Hall–Kier alpha value is -0.830. The fourth-order valence-corrected chi connectivity index (χ4v) is 4.31. The van der Waals surface area contributed by atoms with Crippen molar-refractivity contribution in [2.24, 2.45) is 5.73 Å². The number of Topliss-reactive ketones (excluding diaryl/α,β-unsaturated/α-hetero) is 1. The summed E-state index contributed by atoms with van der Waals surface area (Å²) >= 11 is 10.9. The first kappa shape index (κ1) is 22.2. The maximum atomic E-state index is 12.2. The number of pyridine rings is 1. The van der Waals surface area contributed by atoms with Crippen LogP contribution in [-0.4, -0.2) is 16.8 Å². The van der Waals surface area contributed by atoms with E-state index in [-0.39, 0.29) is 30.6 Å². The topological polar surface area (TPSA) is 81.2 Å². The highest BCUT2D eigenvalue weighted by Gasteiger charge is 2.22. The van der Waals surface area contributed by atoms with Crippen LogP contribution >= 0.6 is 63.7 Å². The number of carbonyl (C=O) groups is 1. The molecule has 0 saturated heterocycles. The third-order valence-corrected chi connectivity index (χ3v) is 5.68. The predicted octanol–water partition coefficient (Wildman–Crippen LogP) is 5.29. The molecule has 3 heterocycles. The van der Waals surface area contributed by atoms with Crippen LogP contribution in [0.25, 0.3) is 10.2 Å². The van der Waals surface area contributed by atoms with E-state index in [1.807, 2.05) is 12.1 Å². The standard InChI is InChI=1S/C15H13BrClN3O2S.2ClH/c1-7(18)13(21)15-11(16)12-14(23-15)9(5-10(17)20-12)19-6-8-3-2-4-22-8;;/h2-5,7H,6,18H2,1H3,(H,19,20);2*1H/t7-;;/m0../s1. The summed E-state index contributed by atoms with van der Waals surface area (Å²) in [6.45, 7) is 2.17. The number of carbonyl (C=O) groups excluding carboxylic acids is 1. The van der Waals surface area contributed by atoms with Gasteiger partial charge < -0.3 is 15.5 Å². The second-order valence-electron chi connectivity index (χ2n) is 5.00. The van der Waals surface area contributed by atoms with Crippen molar-refractivity contribution in [1.29, 1.82) is 0 Å². The largest absolute Gasteiger partial charge is 0.467 e. The van der Waals surface area contributed by atoms with E-state index in [1.54, 1.807) is 19.3 Å². The molecular weight excluding hydrogens is 473 g/mol. The SMILES string of the molecule is C[C@H](N)C(=O)c1sc2c(NCc3ccco3)cc(Cl)nc2c1Br.Cl.Cl. The smallest absolute Gasteiger partial charge is 0.190 e. The third-order valence-electron chi connectivity index (χ3n) is 3.22. The number of hydrogen-bond donors (Lipinski definition) is 2. The predicted molar refractivity (Wildman–Crippen MR) is 111 cm³/mol. The van der Waals surface area contributed by atoms with Crippen molar-refractivity contribution < 1.29 is 9.21 Å². The number of fused-ring (bicyclic) bond motifs is 1. The minimum atomic E-state index is -0.575. The number of nitrogens with zero attached hydrogens (tertiary/aromatic N) is 1. The van der Waals surface area contributed by atoms with Crippen LogP contribution in [0.2, 0.25) is 5.15 Å². The van der Waals surface area contributed by atoms with Crippen LogP contribution in [-0.2, 0) is 6.54 Å². The molecule has 0 unspecified atom stereocenters. The molecule has 0 aliphatic carbocycles. The monoisotopic (exact) mass is 485 g/mol. The minimum absolute atomic E-state index is 0. The van der Waals surface area contributed by atoms with Gasteiger partial charge in [-0.25, -0.2) is 4.98 Å². The summed E-state index contributed by atoms with van der Waals surface area (Å²) in [4.78, 5) is 17.1. The molecule has 3 aromatic heterocycles. The average Bonchev–Trinajstić information content (AvgIpc) is 3.13. The zero-order valence-electron chi connectivity index (χ0n) is 12.9. The van der Waals surface area contributed by atoms with Gasteiger partial charge in [-0.3, -0.25) is 4.79 Å². The molecule has 0 saturated carbocycles. The van der Waals surface area contributed by atoms with Gasteiger partial charge in [0.05, 0.1) is 44.1 Å². The molecule has 3 N–H and O–H groups in total. The molecule has 0 amide bonds. The fraction of sp³-hybridized carbons (Fsp3) is 0.200. The number of nitrogens with two attached hydrogens (primary N) is 1. The highest BCUT2D eigenvalue weighted by molar-refractivity contribution is 9.10. The number of anilines is 1. The van der Waals surface area contributed by atoms with Crippen LogP contribution in [0.1, 0.15) is 22.4 Å². The molecule has 3 aromatic rings. The van der Waals surface area contributed by atoms with Gasteiger partial charge in [0.1, 0.15) is 10.9 Å². The number of ketones is 1. The number of hydrogen-bond acceptors (Lipinski definition) is 6. The maximum absolute atomic E-state index is 12.2. The molecule has 136 valence electrons. The lowest BCUT2D eigenvalue weighted by atomic mass is 10.2. The van der Waals surface area contributed by atoms with Gasteiger partial charge >= 0.3 is 0 Å². The molecular formula is C15H15BrCl3N3O2S. The van der Waals surface area contributed by atoms with E-state index >= 15 is 0 Å². The Labute approximate surface area is 174 Å². The van der Waals surface area contributed by atoms with Crippen molar-refractivity contribution in [2.45, 2.75) is 19.5 Å². The van der Waals surface area contributed by atoms with Crippen molar-refractivity contribution in [2.75, 3.05) is 5.32 Å². The number of halogens is 4. The minimum Gasteiger partial charge on any atom is -0.467 e. The molecule has 0 spiro atoms. The number of aromatic nitrogens is 1. The Balaban J connectivity index is 0.00000156. The van der Waals surface area contributed by atoms with E-state index in [9.17, 15) is 4.79 Å². The van der Waals surface area contributed by atoms with Crippen LogP contribution in [0.15, 0.2) is 33.4 Å². The quantitative estimate of drug-likeness (QED) is 0.378. The van der Waals surface area contributed by atoms with Gasteiger partial charge in [-0.2, -0.15) is 0 Å². The Kier molecular flexibility index (Phi) is 8.18. The van der Waals surface area contributed by atoms with Gasteiger partial charge in [0.25, 0.3) is 0 Å². The van der Waals surface area contributed by atoms with E-state index in [2.05, 4.69) is 26.2 Å². The zero-order valence-corrected chi connectivity index (χ0v) is 17.7. The highest BCUT2D eigenvalue weighted by atomic mass is 79.9. The van der Waals surface area contributed by atoms with Crippen LogP contribution in [0.5, 0.6) is 0 Å². The highest BCUT2D eigenvalue weighted by Crippen LogP contribution is 2.40. The first-order valence-electron chi connectivity index (χ1n) is 6.82. The summed E-state index contributed by atoms with van der Waals surface area (Å²) in [7, 11) is 0. The van der Waals surface area contributed by atoms with Gasteiger partial charge in [-0.05, 0) is 35.0 Å². The zero-order chi connectivity index (χ0) is 16.6. The normalized spacial score (nSPS) is 11.5. The Morgan fingerprint density at radius 2 is 2.24 bits per heavy atom. The lowest BCUT2D eigenvalue weighted by Crippen LogP contribution is -2.26. The molecule has 0 radical (unpaired) electrons. The summed E-state index contributed by atoms with van der Waals surface area (Å²) in [6.07, 6.45) is 1.62. The van der Waals surface area contributed by atoms with Gasteiger partial charge in [0.15, 0.2) is 5.78 Å². The number of nitrogens with one attached hydrogen (secondary N) is 1. The first-order valence-corrected chi connectivity index (χ1v) is 8.80. The summed E-state index contributed by atoms with van der Waals surface area (Å²) in [5, 5.41) is 3.61. The van der Waals surface area contributed by atoms with Gasteiger partial charge in [0, 0.05) is 6.07 Å². The second kappa shape index (κ2) is 9.21. The van der Waals surface area contributed by atoms with Crippen LogP contribution in [0.4, 0.5) is 5.69 Å². The molecule has 25 heavy (non-hydrogen) atoms. The van der Waals surface area contributed by atoms with E-state index in [1.165, 1.54) is 11.3 Å². The van der Waals surface area contributed by atoms with Gasteiger partial charge in [0.2, 0.25) is 0 Å². The number of rotatable bonds is 5. The van der Waals surface area contributed by atoms with E-state index < -0.39 is 6.04 Å². The van der Waals surface area contributed by atoms with Crippen molar-refractivity contribution >= 4 is 85.4 Å². The lowest BCUT2D eigenvalue weighted by Gasteiger charge is -2.06. The van der Waals surface area contributed by atoms with Crippen molar-refractivity contribution in [3.05, 3.63) is 44.7 Å². The number of furan rings is 1. The summed E-state index contributed by atoms with van der Waals surface area (Å²) in [6, 6.07) is 4.86. The molecule has 0 fully saturated rings. The molecule has 10 heteroatoms. The Bertz CT molecular complexity index is 869. The van der Waals surface area contributed by atoms with Crippen LogP contribution in [0.3, 0.4) is 0 Å². The van der Waals surface area contributed by atoms with E-state index in [4.69, 9.17) is 21.8 Å². The molecule has 0 aliphatic heterocycles. The molecule has 0 bridgehead atoms. The van der Waals surface area contributed by atoms with Crippen LogP contribution in [0, 0.1) is 0 Å².